The summed E-state index contributed by atoms with van der Waals surface area (Å²) in [6, 6.07) is -1.25. The van der Waals surface area contributed by atoms with Crippen LogP contribution in [0, 0.1) is 5.92 Å². The predicted molar refractivity (Wildman–Crippen MR) is 69.3 cm³/mol. The molecule has 0 saturated carbocycles. The normalized spacial score (nSPS) is 16.3. The molecule has 1 atom stereocenters. The van der Waals surface area contributed by atoms with Gasteiger partial charge in [-0.15, -0.1) is 0 Å². The summed E-state index contributed by atoms with van der Waals surface area (Å²) in [6.45, 7) is 4.09. The Morgan fingerprint density at radius 3 is 2.67 bits per heavy atom. The third-order valence-corrected chi connectivity index (χ3v) is 3.09. The number of carbonyl (C=O) groups is 2. The summed E-state index contributed by atoms with van der Waals surface area (Å²) in [6.07, 6.45) is 6.53. The molecule has 2 amide bonds. The molecular formula is C13H22N2O3. The molecule has 5 heteroatoms. The molecule has 1 aliphatic rings. The van der Waals surface area contributed by atoms with Crippen LogP contribution in [0.1, 0.15) is 39.5 Å². The fraction of sp³-hybridized carbons (Fsp3) is 0.692. The highest BCUT2D eigenvalue weighted by molar-refractivity contribution is 5.82. The van der Waals surface area contributed by atoms with Gasteiger partial charge in [0.2, 0.25) is 0 Å². The van der Waals surface area contributed by atoms with Gasteiger partial charge in [-0.05, 0) is 31.6 Å². The molecule has 1 aliphatic carbocycles. The lowest BCUT2D eigenvalue weighted by molar-refractivity contribution is -0.140. The molecule has 0 heterocycles. The van der Waals surface area contributed by atoms with Crippen LogP contribution in [0.2, 0.25) is 0 Å². The zero-order chi connectivity index (χ0) is 13.5. The van der Waals surface area contributed by atoms with Crippen LogP contribution in [-0.4, -0.2) is 29.7 Å². The Hall–Kier alpha value is -1.52. The second-order valence-corrected chi connectivity index (χ2v) is 4.96. The van der Waals surface area contributed by atoms with Crippen molar-refractivity contribution >= 4 is 12.0 Å². The molecule has 0 spiro atoms. The van der Waals surface area contributed by atoms with Crippen molar-refractivity contribution in [1.29, 1.82) is 0 Å². The van der Waals surface area contributed by atoms with E-state index >= 15 is 0 Å². The highest BCUT2D eigenvalue weighted by Crippen LogP contribution is 2.19. The van der Waals surface area contributed by atoms with Crippen molar-refractivity contribution in [2.75, 3.05) is 6.54 Å². The molecular weight excluding hydrogens is 232 g/mol. The molecule has 0 bridgehead atoms. The molecule has 102 valence electrons. The molecule has 0 saturated heterocycles. The number of hydrogen-bond acceptors (Lipinski definition) is 2. The first-order chi connectivity index (χ1) is 8.50. The van der Waals surface area contributed by atoms with Gasteiger partial charge in [-0.2, -0.15) is 0 Å². The van der Waals surface area contributed by atoms with Crippen molar-refractivity contribution in [1.82, 2.24) is 10.6 Å². The van der Waals surface area contributed by atoms with E-state index in [1.807, 2.05) is 0 Å². The smallest absolute Gasteiger partial charge is 0.326 e. The number of hydrogen-bond donors (Lipinski definition) is 3. The topological polar surface area (TPSA) is 78.4 Å². The van der Waals surface area contributed by atoms with Crippen molar-refractivity contribution in [3.8, 4) is 0 Å². The molecule has 0 aromatic carbocycles. The van der Waals surface area contributed by atoms with E-state index in [4.69, 9.17) is 5.11 Å². The Balaban J connectivity index is 2.25. The molecule has 0 aliphatic heterocycles. The summed E-state index contributed by atoms with van der Waals surface area (Å²) in [5.41, 5.74) is 1.38. The van der Waals surface area contributed by atoms with Crippen molar-refractivity contribution in [3.05, 3.63) is 11.6 Å². The van der Waals surface area contributed by atoms with Gasteiger partial charge in [-0.3, -0.25) is 0 Å². The van der Waals surface area contributed by atoms with Crippen LogP contribution in [-0.2, 0) is 4.79 Å². The minimum atomic E-state index is -1.00. The number of aliphatic carboxylic acids is 1. The Bertz CT molecular complexity index is 337. The molecule has 0 aromatic rings. The van der Waals surface area contributed by atoms with Crippen LogP contribution < -0.4 is 10.6 Å². The second kappa shape index (κ2) is 7.03. The number of carboxylic acids is 1. The molecule has 5 nitrogen and oxygen atoms in total. The third-order valence-electron chi connectivity index (χ3n) is 3.09. The lowest BCUT2D eigenvalue weighted by atomic mass is 10.1. The van der Waals surface area contributed by atoms with Crippen LogP contribution in [0.15, 0.2) is 11.6 Å². The summed E-state index contributed by atoms with van der Waals surface area (Å²) in [5.74, 6) is -1.13. The molecule has 18 heavy (non-hydrogen) atoms. The van der Waals surface area contributed by atoms with Crippen LogP contribution in [0.5, 0.6) is 0 Å². The average molecular weight is 254 g/mol. The molecule has 3 N–H and O–H groups in total. The standard InChI is InChI=1S/C13H22N2O3/c1-9(2)11(12(16)17)15-13(18)14-8-7-10-5-3-4-6-10/h5,9,11H,3-4,6-8H2,1-2H3,(H,16,17)(H2,14,15,18)/t11-/m1/s1. The van der Waals surface area contributed by atoms with Gasteiger partial charge >= 0.3 is 12.0 Å². The zero-order valence-electron chi connectivity index (χ0n) is 11.0. The number of urea groups is 1. The van der Waals surface area contributed by atoms with Crippen LogP contribution in [0.4, 0.5) is 4.79 Å². The van der Waals surface area contributed by atoms with E-state index in [1.165, 1.54) is 12.0 Å². The van der Waals surface area contributed by atoms with Gasteiger partial charge in [-0.25, -0.2) is 9.59 Å². The van der Waals surface area contributed by atoms with Crippen molar-refractivity contribution in [3.63, 3.8) is 0 Å². The lowest BCUT2D eigenvalue weighted by Gasteiger charge is -2.18. The maximum atomic E-state index is 11.5. The van der Waals surface area contributed by atoms with Gasteiger partial charge in [0, 0.05) is 6.54 Å². The van der Waals surface area contributed by atoms with Gasteiger partial charge in [0.1, 0.15) is 6.04 Å². The summed E-state index contributed by atoms with van der Waals surface area (Å²) >= 11 is 0. The zero-order valence-corrected chi connectivity index (χ0v) is 11.0. The quantitative estimate of drug-likeness (QED) is 0.633. The Morgan fingerprint density at radius 2 is 2.17 bits per heavy atom. The number of amides is 2. The first-order valence-corrected chi connectivity index (χ1v) is 6.45. The predicted octanol–water partition coefficient (Wildman–Crippen LogP) is 1.90. The fourth-order valence-electron chi connectivity index (χ4n) is 2.01. The first-order valence-electron chi connectivity index (χ1n) is 6.45. The minimum absolute atomic E-state index is 0.134. The van der Waals surface area contributed by atoms with E-state index in [-0.39, 0.29) is 5.92 Å². The molecule has 1 rings (SSSR count). The summed E-state index contributed by atoms with van der Waals surface area (Å²) < 4.78 is 0. The molecule has 0 aromatic heterocycles. The Labute approximate surface area is 108 Å². The highest BCUT2D eigenvalue weighted by Gasteiger charge is 2.23. The number of rotatable bonds is 6. The minimum Gasteiger partial charge on any atom is -0.480 e. The molecule has 0 unspecified atom stereocenters. The van der Waals surface area contributed by atoms with E-state index in [9.17, 15) is 9.59 Å². The maximum Gasteiger partial charge on any atom is 0.326 e. The fourth-order valence-corrected chi connectivity index (χ4v) is 2.01. The van der Waals surface area contributed by atoms with Gasteiger partial charge in [0.15, 0.2) is 0 Å². The SMILES string of the molecule is CC(C)[C@@H](NC(=O)NCCC1=CCCC1)C(=O)O. The number of nitrogens with one attached hydrogen (secondary N) is 2. The van der Waals surface area contributed by atoms with E-state index in [1.54, 1.807) is 13.8 Å². The number of carboxylic acid groups (broad SMARTS) is 1. The van der Waals surface area contributed by atoms with Gasteiger partial charge < -0.3 is 15.7 Å². The maximum absolute atomic E-state index is 11.5. The second-order valence-electron chi connectivity index (χ2n) is 4.96. The van der Waals surface area contributed by atoms with Crippen LogP contribution >= 0.6 is 0 Å². The number of carbonyl (C=O) groups excluding carboxylic acids is 1. The molecule has 0 radical (unpaired) electrons. The van der Waals surface area contributed by atoms with E-state index in [0.717, 1.165) is 19.3 Å². The summed E-state index contributed by atoms with van der Waals surface area (Å²) in [7, 11) is 0. The van der Waals surface area contributed by atoms with Crippen molar-refractivity contribution in [2.45, 2.75) is 45.6 Å². The highest BCUT2D eigenvalue weighted by atomic mass is 16.4. The van der Waals surface area contributed by atoms with Crippen LogP contribution in [0.3, 0.4) is 0 Å². The van der Waals surface area contributed by atoms with Crippen molar-refractivity contribution < 1.29 is 14.7 Å². The summed E-state index contributed by atoms with van der Waals surface area (Å²) in [4.78, 5) is 22.4. The van der Waals surface area contributed by atoms with Crippen molar-refractivity contribution in [2.24, 2.45) is 5.92 Å². The third kappa shape index (κ3) is 4.77. The summed E-state index contributed by atoms with van der Waals surface area (Å²) in [5, 5.41) is 14.1. The van der Waals surface area contributed by atoms with E-state index in [0.29, 0.717) is 6.54 Å². The van der Waals surface area contributed by atoms with E-state index < -0.39 is 18.0 Å². The number of allylic oxidation sites excluding steroid dienone is 1. The largest absolute Gasteiger partial charge is 0.480 e. The van der Waals surface area contributed by atoms with E-state index in [2.05, 4.69) is 16.7 Å². The molecule has 0 fully saturated rings. The first kappa shape index (κ1) is 14.5. The Morgan fingerprint density at radius 1 is 1.44 bits per heavy atom. The Kier molecular flexibility index (Phi) is 5.68. The van der Waals surface area contributed by atoms with Gasteiger partial charge in [0.05, 0.1) is 0 Å². The van der Waals surface area contributed by atoms with Gasteiger partial charge in [0.25, 0.3) is 0 Å². The lowest BCUT2D eigenvalue weighted by Crippen LogP contribution is -2.48. The van der Waals surface area contributed by atoms with Gasteiger partial charge in [-0.1, -0.05) is 25.5 Å². The average Bonchev–Trinajstić information content (AvgIpc) is 2.78. The monoisotopic (exact) mass is 254 g/mol. The van der Waals surface area contributed by atoms with Crippen LogP contribution in [0.25, 0.3) is 0 Å².